The maximum absolute atomic E-state index is 11.9. The monoisotopic (exact) mass is 301 g/mol. The topological polar surface area (TPSA) is 77.4 Å². The minimum absolute atomic E-state index is 0.0255. The molecule has 2 aromatic rings. The summed E-state index contributed by atoms with van der Waals surface area (Å²) in [4.78, 5) is 16.7. The molecule has 0 aliphatic carbocycles. The molecule has 0 unspecified atom stereocenters. The second kappa shape index (κ2) is 7.12. The number of nitrogens with zero attached hydrogens (tertiary/aromatic N) is 1. The average Bonchev–Trinajstić information content (AvgIpc) is 2.55. The van der Waals surface area contributed by atoms with Gasteiger partial charge in [0, 0.05) is 5.56 Å². The predicted octanol–water partition coefficient (Wildman–Crippen LogP) is 2.60. The number of aromatic hydroxyl groups is 1. The van der Waals surface area contributed by atoms with E-state index >= 15 is 0 Å². The summed E-state index contributed by atoms with van der Waals surface area (Å²) in [6.07, 6.45) is 1.31. The first-order valence-electron chi connectivity index (χ1n) is 6.40. The summed E-state index contributed by atoms with van der Waals surface area (Å²) in [7, 11) is 2.92. The number of ether oxygens (including phenoxy) is 2. The van der Waals surface area contributed by atoms with Crippen molar-refractivity contribution >= 4 is 12.2 Å². The Labute approximate surface area is 127 Å². The number of carbonyl (C=O) groups excluding carboxylic acids is 1. The van der Waals surface area contributed by atoms with Crippen molar-refractivity contribution in [1.82, 2.24) is 0 Å². The van der Waals surface area contributed by atoms with E-state index in [1.54, 1.807) is 36.4 Å². The van der Waals surface area contributed by atoms with E-state index < -0.39 is 5.97 Å². The minimum atomic E-state index is -0.633. The molecule has 0 saturated carbocycles. The SMILES string of the molecule is COc1ccc(/C=N/OC(=O)c2ccccc2OC)cc1O. The van der Waals surface area contributed by atoms with Crippen LogP contribution in [0.25, 0.3) is 0 Å². The fourth-order valence-electron chi connectivity index (χ4n) is 1.78. The summed E-state index contributed by atoms with van der Waals surface area (Å²) in [5.74, 6) is 0.0990. The van der Waals surface area contributed by atoms with Gasteiger partial charge in [-0.05, 0) is 30.3 Å². The van der Waals surface area contributed by atoms with E-state index in [1.807, 2.05) is 0 Å². The van der Waals surface area contributed by atoms with Gasteiger partial charge in [-0.3, -0.25) is 0 Å². The Morgan fingerprint density at radius 1 is 1.09 bits per heavy atom. The van der Waals surface area contributed by atoms with Gasteiger partial charge >= 0.3 is 5.97 Å². The number of benzene rings is 2. The molecule has 2 aromatic carbocycles. The van der Waals surface area contributed by atoms with E-state index in [2.05, 4.69) is 5.16 Å². The lowest BCUT2D eigenvalue weighted by Crippen LogP contribution is -2.03. The minimum Gasteiger partial charge on any atom is -0.504 e. The number of hydrogen-bond donors (Lipinski definition) is 1. The van der Waals surface area contributed by atoms with Crippen LogP contribution < -0.4 is 9.47 Å². The molecule has 0 saturated heterocycles. The first kappa shape index (κ1) is 15.4. The normalized spacial score (nSPS) is 10.5. The zero-order valence-corrected chi connectivity index (χ0v) is 12.1. The third-order valence-corrected chi connectivity index (χ3v) is 2.87. The number of para-hydroxylation sites is 1. The zero-order valence-electron chi connectivity index (χ0n) is 12.1. The lowest BCUT2D eigenvalue weighted by molar-refractivity contribution is 0.0515. The van der Waals surface area contributed by atoms with Gasteiger partial charge in [-0.2, -0.15) is 0 Å². The van der Waals surface area contributed by atoms with Crippen LogP contribution in [0.3, 0.4) is 0 Å². The smallest absolute Gasteiger partial charge is 0.369 e. The second-order valence-electron chi connectivity index (χ2n) is 4.24. The van der Waals surface area contributed by atoms with E-state index in [4.69, 9.17) is 14.3 Å². The standard InChI is InChI=1S/C16H15NO5/c1-20-14-6-4-3-5-12(14)16(19)22-17-10-11-7-8-15(21-2)13(18)9-11/h3-10,18H,1-2H3/b17-10+. The van der Waals surface area contributed by atoms with Crippen molar-refractivity contribution in [2.45, 2.75) is 0 Å². The molecule has 2 rings (SSSR count). The number of carbonyl (C=O) groups is 1. The number of rotatable bonds is 5. The summed E-state index contributed by atoms with van der Waals surface area (Å²) >= 11 is 0. The van der Waals surface area contributed by atoms with Gasteiger partial charge in [0.05, 0.1) is 20.4 Å². The molecule has 0 fully saturated rings. The van der Waals surface area contributed by atoms with Crippen LogP contribution in [0.1, 0.15) is 15.9 Å². The number of oxime groups is 1. The highest BCUT2D eigenvalue weighted by Crippen LogP contribution is 2.25. The molecule has 0 amide bonds. The highest BCUT2D eigenvalue weighted by Gasteiger charge is 2.12. The van der Waals surface area contributed by atoms with Crippen LogP contribution in [0.4, 0.5) is 0 Å². The van der Waals surface area contributed by atoms with E-state index in [9.17, 15) is 9.90 Å². The highest BCUT2D eigenvalue weighted by atomic mass is 16.7. The van der Waals surface area contributed by atoms with Gasteiger partial charge in [0.2, 0.25) is 0 Å². The van der Waals surface area contributed by atoms with Crippen LogP contribution >= 0.6 is 0 Å². The number of phenols is 1. The fraction of sp³-hybridized carbons (Fsp3) is 0.125. The van der Waals surface area contributed by atoms with Gasteiger partial charge in [0.25, 0.3) is 0 Å². The second-order valence-corrected chi connectivity index (χ2v) is 4.24. The van der Waals surface area contributed by atoms with Gasteiger partial charge in [-0.1, -0.05) is 17.3 Å². The Kier molecular flexibility index (Phi) is 4.98. The average molecular weight is 301 g/mol. The van der Waals surface area contributed by atoms with E-state index in [-0.39, 0.29) is 11.3 Å². The lowest BCUT2D eigenvalue weighted by atomic mass is 10.2. The van der Waals surface area contributed by atoms with Crippen molar-refractivity contribution in [2.75, 3.05) is 14.2 Å². The molecule has 0 radical (unpaired) electrons. The Balaban J connectivity index is 2.06. The van der Waals surface area contributed by atoms with Gasteiger partial charge in [0.15, 0.2) is 11.5 Å². The Morgan fingerprint density at radius 2 is 1.82 bits per heavy atom. The molecule has 0 aromatic heterocycles. The first-order chi connectivity index (χ1) is 10.7. The zero-order chi connectivity index (χ0) is 15.9. The van der Waals surface area contributed by atoms with Crippen LogP contribution in [0.15, 0.2) is 47.6 Å². The summed E-state index contributed by atoms with van der Waals surface area (Å²) in [6.45, 7) is 0. The van der Waals surface area contributed by atoms with Gasteiger partial charge in [-0.15, -0.1) is 0 Å². The summed E-state index contributed by atoms with van der Waals surface area (Å²) < 4.78 is 10.0. The molecular formula is C16H15NO5. The molecule has 0 bridgehead atoms. The molecule has 0 heterocycles. The fourth-order valence-corrected chi connectivity index (χ4v) is 1.78. The van der Waals surface area contributed by atoms with Crippen molar-refractivity contribution in [3.63, 3.8) is 0 Å². The third kappa shape index (κ3) is 3.54. The number of hydrogen-bond acceptors (Lipinski definition) is 6. The number of phenolic OH excluding ortho intramolecular Hbond substituents is 1. The molecule has 0 aliphatic heterocycles. The number of methoxy groups -OCH3 is 2. The molecule has 114 valence electrons. The quantitative estimate of drug-likeness (QED) is 0.522. The Hall–Kier alpha value is -3.02. The van der Waals surface area contributed by atoms with Crippen LogP contribution in [0.5, 0.6) is 17.2 Å². The van der Waals surface area contributed by atoms with Crippen LogP contribution in [-0.2, 0) is 4.84 Å². The molecule has 22 heavy (non-hydrogen) atoms. The Bertz CT molecular complexity index is 697. The summed E-state index contributed by atoms with van der Waals surface area (Å²) in [5, 5.41) is 13.2. The molecule has 6 heteroatoms. The van der Waals surface area contributed by atoms with Crippen LogP contribution in [0.2, 0.25) is 0 Å². The maximum Gasteiger partial charge on any atom is 0.369 e. The van der Waals surface area contributed by atoms with Crippen LogP contribution in [-0.4, -0.2) is 31.5 Å². The largest absolute Gasteiger partial charge is 0.504 e. The van der Waals surface area contributed by atoms with Gasteiger partial charge in [0.1, 0.15) is 11.3 Å². The van der Waals surface area contributed by atoms with E-state index in [0.29, 0.717) is 17.1 Å². The molecular weight excluding hydrogens is 286 g/mol. The van der Waals surface area contributed by atoms with Crippen molar-refractivity contribution in [1.29, 1.82) is 0 Å². The first-order valence-corrected chi connectivity index (χ1v) is 6.40. The van der Waals surface area contributed by atoms with E-state index in [0.717, 1.165) is 0 Å². The summed E-state index contributed by atoms with van der Waals surface area (Å²) in [5.41, 5.74) is 0.839. The van der Waals surface area contributed by atoms with Crippen LogP contribution in [0, 0.1) is 0 Å². The van der Waals surface area contributed by atoms with Crippen molar-refractivity contribution in [3.05, 3.63) is 53.6 Å². The van der Waals surface area contributed by atoms with Crippen molar-refractivity contribution in [3.8, 4) is 17.2 Å². The van der Waals surface area contributed by atoms with Gasteiger partial charge in [-0.25, -0.2) is 4.79 Å². The van der Waals surface area contributed by atoms with Crippen molar-refractivity contribution < 1.29 is 24.2 Å². The molecule has 0 atom stereocenters. The molecule has 0 spiro atoms. The Morgan fingerprint density at radius 3 is 2.50 bits per heavy atom. The predicted molar refractivity (Wildman–Crippen MR) is 80.7 cm³/mol. The molecule has 0 aliphatic rings. The van der Waals surface area contributed by atoms with Gasteiger partial charge < -0.3 is 19.4 Å². The van der Waals surface area contributed by atoms with E-state index in [1.165, 1.54) is 26.5 Å². The van der Waals surface area contributed by atoms with Crippen molar-refractivity contribution in [2.24, 2.45) is 5.16 Å². The molecule has 6 nitrogen and oxygen atoms in total. The molecule has 1 N–H and O–H groups in total. The summed E-state index contributed by atoms with van der Waals surface area (Å²) in [6, 6.07) is 11.4. The lowest BCUT2D eigenvalue weighted by Gasteiger charge is -2.05. The highest BCUT2D eigenvalue weighted by molar-refractivity contribution is 5.93. The maximum atomic E-state index is 11.9. The third-order valence-electron chi connectivity index (χ3n) is 2.87.